The van der Waals surface area contributed by atoms with E-state index in [0.717, 1.165) is 6.07 Å². The summed E-state index contributed by atoms with van der Waals surface area (Å²) in [5.41, 5.74) is -0.640. The molecule has 0 aromatic heterocycles. The highest BCUT2D eigenvalue weighted by atomic mass is 16.6. The van der Waals surface area contributed by atoms with Gasteiger partial charge in [-0.15, -0.1) is 0 Å². The SMILES string of the molecule is CCOC(=O)CCCNC(=O)CC(C)(C)c1ccc(O)cc1[N+](=O)[O-]. The van der Waals surface area contributed by atoms with Crippen molar-refractivity contribution in [1.82, 2.24) is 5.32 Å². The molecule has 0 saturated heterocycles. The number of phenolic OH excluding ortho intramolecular Hbond substituents is 1. The first kappa shape index (κ1) is 20.4. The van der Waals surface area contributed by atoms with Crippen LogP contribution >= 0.6 is 0 Å². The van der Waals surface area contributed by atoms with E-state index in [0.29, 0.717) is 25.1 Å². The molecule has 0 spiro atoms. The molecule has 1 aromatic rings. The Balaban J connectivity index is 2.64. The Kier molecular flexibility index (Phi) is 7.35. The summed E-state index contributed by atoms with van der Waals surface area (Å²) in [6.07, 6.45) is 0.726. The summed E-state index contributed by atoms with van der Waals surface area (Å²) in [6, 6.07) is 3.90. The number of ether oxygens (including phenoxy) is 1. The predicted molar refractivity (Wildman–Crippen MR) is 91.3 cm³/mol. The fourth-order valence-electron chi connectivity index (χ4n) is 2.50. The monoisotopic (exact) mass is 352 g/mol. The molecule has 25 heavy (non-hydrogen) atoms. The quantitative estimate of drug-likeness (QED) is 0.305. The number of nitro groups is 1. The first-order valence-corrected chi connectivity index (χ1v) is 8.07. The number of amides is 1. The average molecular weight is 352 g/mol. The fourth-order valence-corrected chi connectivity index (χ4v) is 2.50. The molecule has 138 valence electrons. The molecular weight excluding hydrogens is 328 g/mol. The molecule has 2 N–H and O–H groups in total. The molecule has 0 heterocycles. The zero-order valence-corrected chi connectivity index (χ0v) is 14.7. The van der Waals surface area contributed by atoms with Crippen LogP contribution in [0.15, 0.2) is 18.2 Å². The second-order valence-electron chi connectivity index (χ2n) is 6.28. The number of carbonyl (C=O) groups excluding carboxylic acids is 2. The summed E-state index contributed by atoms with van der Waals surface area (Å²) in [7, 11) is 0. The minimum absolute atomic E-state index is 0.0397. The van der Waals surface area contributed by atoms with E-state index < -0.39 is 10.3 Å². The van der Waals surface area contributed by atoms with E-state index >= 15 is 0 Å². The summed E-state index contributed by atoms with van der Waals surface area (Å²) >= 11 is 0. The minimum Gasteiger partial charge on any atom is -0.508 e. The number of esters is 1. The van der Waals surface area contributed by atoms with Crippen molar-refractivity contribution in [3.8, 4) is 5.75 Å². The number of nitrogens with zero attached hydrogens (tertiary/aromatic N) is 1. The number of rotatable bonds is 9. The second-order valence-corrected chi connectivity index (χ2v) is 6.28. The van der Waals surface area contributed by atoms with E-state index in [1.165, 1.54) is 12.1 Å². The number of hydrogen-bond donors (Lipinski definition) is 2. The van der Waals surface area contributed by atoms with Crippen LogP contribution in [0.4, 0.5) is 5.69 Å². The number of nitro benzene ring substituents is 1. The molecular formula is C17H24N2O6. The topological polar surface area (TPSA) is 119 Å². The summed E-state index contributed by atoms with van der Waals surface area (Å²) in [6.45, 7) is 5.83. The van der Waals surface area contributed by atoms with Crippen LogP contribution in [0, 0.1) is 10.1 Å². The van der Waals surface area contributed by atoms with Crippen LogP contribution < -0.4 is 5.32 Å². The van der Waals surface area contributed by atoms with Gasteiger partial charge in [-0.1, -0.05) is 13.8 Å². The van der Waals surface area contributed by atoms with Gasteiger partial charge in [-0.25, -0.2) is 0 Å². The molecule has 1 rings (SSSR count). The lowest BCUT2D eigenvalue weighted by Crippen LogP contribution is -2.32. The van der Waals surface area contributed by atoms with Crippen molar-refractivity contribution in [1.29, 1.82) is 0 Å². The smallest absolute Gasteiger partial charge is 0.305 e. The maximum absolute atomic E-state index is 12.1. The van der Waals surface area contributed by atoms with E-state index in [1.807, 2.05) is 0 Å². The number of phenols is 1. The molecule has 0 aliphatic heterocycles. The summed E-state index contributed by atoms with van der Waals surface area (Å²) in [4.78, 5) is 33.9. The van der Waals surface area contributed by atoms with E-state index in [2.05, 4.69) is 5.32 Å². The zero-order chi connectivity index (χ0) is 19.0. The normalized spacial score (nSPS) is 11.0. The third-order valence-electron chi connectivity index (χ3n) is 3.69. The van der Waals surface area contributed by atoms with Crippen molar-refractivity contribution >= 4 is 17.6 Å². The van der Waals surface area contributed by atoms with Crippen molar-refractivity contribution in [2.24, 2.45) is 0 Å². The molecule has 8 nitrogen and oxygen atoms in total. The Morgan fingerprint density at radius 2 is 2.04 bits per heavy atom. The summed E-state index contributed by atoms with van der Waals surface area (Å²) in [5, 5.41) is 23.3. The van der Waals surface area contributed by atoms with Gasteiger partial charge in [-0.2, -0.15) is 0 Å². The largest absolute Gasteiger partial charge is 0.508 e. The van der Waals surface area contributed by atoms with Gasteiger partial charge in [0.25, 0.3) is 5.69 Å². The molecule has 0 aliphatic rings. The number of hydrogen-bond acceptors (Lipinski definition) is 6. The molecule has 0 fully saturated rings. The van der Waals surface area contributed by atoms with E-state index in [1.54, 1.807) is 20.8 Å². The van der Waals surface area contributed by atoms with Crippen molar-refractivity contribution in [3.63, 3.8) is 0 Å². The zero-order valence-electron chi connectivity index (χ0n) is 14.7. The van der Waals surface area contributed by atoms with Gasteiger partial charge in [0.15, 0.2) is 0 Å². The van der Waals surface area contributed by atoms with Crippen LogP contribution in [0.1, 0.15) is 45.6 Å². The predicted octanol–water partition coefficient (Wildman–Crippen LogP) is 2.43. The second kappa shape index (κ2) is 9.00. The fraction of sp³-hybridized carbons (Fsp3) is 0.529. The van der Waals surface area contributed by atoms with E-state index in [4.69, 9.17) is 4.74 Å². The third kappa shape index (κ3) is 6.40. The van der Waals surface area contributed by atoms with Crippen molar-refractivity contribution < 1.29 is 24.4 Å². The maximum atomic E-state index is 12.1. The van der Waals surface area contributed by atoms with Gasteiger partial charge in [-0.3, -0.25) is 19.7 Å². The van der Waals surface area contributed by atoms with Crippen molar-refractivity contribution in [2.75, 3.05) is 13.2 Å². The Hall–Kier alpha value is -2.64. The standard InChI is InChI=1S/C17H24N2O6/c1-4-25-16(22)6-5-9-18-15(21)11-17(2,3)13-8-7-12(20)10-14(13)19(23)24/h7-8,10,20H,4-6,9,11H2,1-3H3,(H,18,21). The number of carbonyl (C=O) groups is 2. The highest BCUT2D eigenvalue weighted by Crippen LogP contribution is 2.36. The van der Waals surface area contributed by atoms with Crippen LogP contribution in [0.3, 0.4) is 0 Å². The highest BCUT2D eigenvalue weighted by Gasteiger charge is 2.31. The molecule has 1 amide bonds. The first-order valence-electron chi connectivity index (χ1n) is 8.07. The van der Waals surface area contributed by atoms with Gasteiger partial charge in [0.2, 0.25) is 5.91 Å². The van der Waals surface area contributed by atoms with Gasteiger partial charge in [0.05, 0.1) is 17.6 Å². The van der Waals surface area contributed by atoms with Crippen LogP contribution in [0.25, 0.3) is 0 Å². The Morgan fingerprint density at radius 1 is 1.36 bits per heavy atom. The van der Waals surface area contributed by atoms with Crippen LogP contribution in [0.2, 0.25) is 0 Å². The van der Waals surface area contributed by atoms with Gasteiger partial charge in [-0.05, 0) is 25.5 Å². The van der Waals surface area contributed by atoms with Crippen molar-refractivity contribution in [3.05, 3.63) is 33.9 Å². The molecule has 0 unspecified atom stereocenters. The van der Waals surface area contributed by atoms with Crippen LogP contribution in [-0.2, 0) is 19.7 Å². The van der Waals surface area contributed by atoms with E-state index in [9.17, 15) is 24.8 Å². The van der Waals surface area contributed by atoms with Gasteiger partial charge >= 0.3 is 5.97 Å². The first-order chi connectivity index (χ1) is 11.7. The highest BCUT2D eigenvalue weighted by molar-refractivity contribution is 5.78. The Labute approximate surface area is 146 Å². The number of aromatic hydroxyl groups is 1. The minimum atomic E-state index is -0.790. The lowest BCUT2D eigenvalue weighted by molar-refractivity contribution is -0.386. The number of nitrogens with one attached hydrogen (secondary N) is 1. The van der Waals surface area contributed by atoms with Crippen molar-refractivity contribution in [2.45, 2.75) is 45.4 Å². The van der Waals surface area contributed by atoms with Gasteiger partial charge in [0, 0.05) is 30.4 Å². The maximum Gasteiger partial charge on any atom is 0.305 e. The summed E-state index contributed by atoms with van der Waals surface area (Å²) < 4.78 is 4.80. The summed E-state index contributed by atoms with van der Waals surface area (Å²) in [5.74, 6) is -0.775. The van der Waals surface area contributed by atoms with E-state index in [-0.39, 0.29) is 36.2 Å². The van der Waals surface area contributed by atoms with Gasteiger partial charge in [0.1, 0.15) is 5.75 Å². The molecule has 0 atom stereocenters. The Bertz CT molecular complexity index is 642. The van der Waals surface area contributed by atoms with Crippen LogP contribution in [0.5, 0.6) is 5.75 Å². The molecule has 0 bridgehead atoms. The molecule has 1 aromatic carbocycles. The molecule has 0 aliphatic carbocycles. The van der Waals surface area contributed by atoms with Crippen LogP contribution in [-0.4, -0.2) is 35.1 Å². The Morgan fingerprint density at radius 3 is 2.64 bits per heavy atom. The average Bonchev–Trinajstić information content (AvgIpc) is 2.51. The van der Waals surface area contributed by atoms with Gasteiger partial charge < -0.3 is 15.2 Å². The third-order valence-corrected chi connectivity index (χ3v) is 3.69. The lowest BCUT2D eigenvalue weighted by Gasteiger charge is -2.24. The molecule has 0 radical (unpaired) electrons. The molecule has 8 heteroatoms. The number of benzene rings is 1. The lowest BCUT2D eigenvalue weighted by atomic mass is 9.80. The molecule has 0 saturated carbocycles.